The summed E-state index contributed by atoms with van der Waals surface area (Å²) >= 11 is 0. The zero-order valence-corrected chi connectivity index (χ0v) is 15.8. The number of benzene rings is 1. The summed E-state index contributed by atoms with van der Waals surface area (Å²) in [7, 11) is 0. The number of hydrogen-bond acceptors (Lipinski definition) is 3. The van der Waals surface area contributed by atoms with Crippen LogP contribution >= 0.6 is 0 Å². The number of rotatable bonds is 4. The molecule has 0 spiro atoms. The Morgan fingerprint density at radius 2 is 1.78 bits per heavy atom. The number of piperazine rings is 1. The van der Waals surface area contributed by atoms with Crippen molar-refractivity contribution in [2.75, 3.05) is 39.3 Å². The second kappa shape index (κ2) is 8.61. The quantitative estimate of drug-likeness (QED) is 0.799. The normalized spacial score (nSPS) is 22.8. The van der Waals surface area contributed by atoms with Crippen molar-refractivity contribution in [1.82, 2.24) is 14.7 Å². The van der Waals surface area contributed by atoms with Crippen LogP contribution in [0.3, 0.4) is 0 Å². The number of likely N-dealkylation sites (tertiary alicyclic amines) is 1. The van der Waals surface area contributed by atoms with Crippen molar-refractivity contribution >= 4 is 5.91 Å². The molecule has 0 radical (unpaired) electrons. The first-order valence-electron chi connectivity index (χ1n) is 9.73. The predicted octanol–water partition coefficient (Wildman–Crippen LogP) is 3.22. The molecule has 0 aliphatic carbocycles. The van der Waals surface area contributed by atoms with Crippen LogP contribution in [0.15, 0.2) is 24.3 Å². The molecule has 2 fully saturated rings. The maximum Gasteiger partial charge on any atom is 0.416 e. The largest absolute Gasteiger partial charge is 0.416 e. The van der Waals surface area contributed by atoms with Crippen molar-refractivity contribution < 1.29 is 18.0 Å². The number of carbonyl (C=O) groups excluding carboxylic acids is 1. The van der Waals surface area contributed by atoms with Crippen LogP contribution in [0.25, 0.3) is 0 Å². The molecule has 0 saturated carbocycles. The lowest BCUT2D eigenvalue weighted by Gasteiger charge is -2.38. The standard InChI is InChI=1S/C20H28F3N3O/c1-16-5-2-3-8-26(16)19(27)15-25-11-9-24(10-12-25)14-17-6-4-7-18(13-17)20(21,22)23/h4,6-7,13,16H,2-3,5,8-12,14-15H2,1H3. The van der Waals surface area contributed by atoms with Crippen LogP contribution in [-0.4, -0.2) is 65.9 Å². The maximum absolute atomic E-state index is 12.8. The van der Waals surface area contributed by atoms with Gasteiger partial charge in [-0.25, -0.2) is 0 Å². The number of halogens is 3. The van der Waals surface area contributed by atoms with Gasteiger partial charge < -0.3 is 4.90 Å². The molecule has 150 valence electrons. The molecule has 0 aromatic heterocycles. The maximum atomic E-state index is 12.8. The Morgan fingerprint density at radius 3 is 2.44 bits per heavy atom. The summed E-state index contributed by atoms with van der Waals surface area (Å²) in [6.45, 7) is 6.99. The molecule has 1 unspecified atom stereocenters. The molecule has 7 heteroatoms. The smallest absolute Gasteiger partial charge is 0.339 e. The molecule has 4 nitrogen and oxygen atoms in total. The van der Waals surface area contributed by atoms with Gasteiger partial charge in [-0.05, 0) is 37.8 Å². The van der Waals surface area contributed by atoms with Gasteiger partial charge in [0.05, 0.1) is 12.1 Å². The third-order valence-electron chi connectivity index (χ3n) is 5.61. The van der Waals surface area contributed by atoms with Crippen LogP contribution in [0.1, 0.15) is 37.3 Å². The van der Waals surface area contributed by atoms with Crippen LogP contribution in [0, 0.1) is 0 Å². The Labute approximate surface area is 158 Å². The van der Waals surface area contributed by atoms with Crippen LogP contribution in [0.2, 0.25) is 0 Å². The van der Waals surface area contributed by atoms with Crippen molar-refractivity contribution in [3.05, 3.63) is 35.4 Å². The van der Waals surface area contributed by atoms with Crippen molar-refractivity contribution in [3.8, 4) is 0 Å². The van der Waals surface area contributed by atoms with Gasteiger partial charge in [0.2, 0.25) is 5.91 Å². The first-order chi connectivity index (χ1) is 12.8. The van der Waals surface area contributed by atoms with Gasteiger partial charge in [0.1, 0.15) is 0 Å². The highest BCUT2D eigenvalue weighted by atomic mass is 19.4. The van der Waals surface area contributed by atoms with Crippen molar-refractivity contribution in [2.24, 2.45) is 0 Å². The molecule has 0 bridgehead atoms. The lowest BCUT2D eigenvalue weighted by atomic mass is 10.0. The molecule has 2 aliphatic heterocycles. The number of amides is 1. The van der Waals surface area contributed by atoms with Gasteiger partial charge in [-0.15, -0.1) is 0 Å². The third kappa shape index (κ3) is 5.45. The number of hydrogen-bond donors (Lipinski definition) is 0. The van der Waals surface area contributed by atoms with Gasteiger partial charge in [-0.1, -0.05) is 18.2 Å². The van der Waals surface area contributed by atoms with E-state index in [2.05, 4.69) is 16.7 Å². The summed E-state index contributed by atoms with van der Waals surface area (Å²) in [5, 5.41) is 0. The molecular weight excluding hydrogens is 355 g/mol. The Bertz CT molecular complexity index is 642. The zero-order valence-electron chi connectivity index (χ0n) is 15.8. The average Bonchev–Trinajstić information content (AvgIpc) is 2.63. The van der Waals surface area contributed by atoms with Crippen LogP contribution in [0.5, 0.6) is 0 Å². The minimum absolute atomic E-state index is 0.202. The van der Waals surface area contributed by atoms with E-state index in [0.29, 0.717) is 24.7 Å². The summed E-state index contributed by atoms with van der Waals surface area (Å²) in [6, 6.07) is 5.87. The lowest BCUT2D eigenvalue weighted by Crippen LogP contribution is -2.51. The predicted molar refractivity (Wildman–Crippen MR) is 98.2 cm³/mol. The summed E-state index contributed by atoms with van der Waals surface area (Å²) in [5.74, 6) is 0.202. The van der Waals surface area contributed by atoms with Crippen LogP contribution < -0.4 is 0 Å². The molecule has 3 rings (SSSR count). The Balaban J connectivity index is 1.47. The number of nitrogens with zero attached hydrogens (tertiary/aromatic N) is 3. The van der Waals surface area contributed by atoms with Gasteiger partial charge in [0.15, 0.2) is 0 Å². The van der Waals surface area contributed by atoms with Gasteiger partial charge >= 0.3 is 6.18 Å². The SMILES string of the molecule is CC1CCCCN1C(=O)CN1CCN(Cc2cccc(C(F)(F)F)c2)CC1. The molecular formula is C20H28F3N3O. The minimum atomic E-state index is -4.30. The first-order valence-corrected chi connectivity index (χ1v) is 9.73. The fourth-order valence-electron chi connectivity index (χ4n) is 3.96. The molecule has 2 saturated heterocycles. The van der Waals surface area contributed by atoms with E-state index in [1.54, 1.807) is 6.07 Å². The molecule has 1 aromatic rings. The van der Waals surface area contributed by atoms with Crippen LogP contribution in [0.4, 0.5) is 13.2 Å². The van der Waals surface area contributed by atoms with Gasteiger partial charge in [-0.2, -0.15) is 13.2 Å². The summed E-state index contributed by atoms with van der Waals surface area (Å²) in [6.07, 6.45) is -0.947. The van der Waals surface area contributed by atoms with E-state index in [9.17, 15) is 18.0 Å². The van der Waals surface area contributed by atoms with Crippen molar-refractivity contribution in [2.45, 2.75) is 44.9 Å². The third-order valence-corrected chi connectivity index (χ3v) is 5.61. The molecule has 0 N–H and O–H groups in total. The topological polar surface area (TPSA) is 26.8 Å². The first kappa shape index (κ1) is 20.1. The van der Waals surface area contributed by atoms with E-state index in [-0.39, 0.29) is 5.91 Å². The molecule has 1 aromatic carbocycles. The van der Waals surface area contributed by atoms with Gasteiger partial charge in [-0.3, -0.25) is 14.6 Å². The number of alkyl halides is 3. The number of carbonyl (C=O) groups is 1. The fraction of sp³-hybridized carbons (Fsp3) is 0.650. The van der Waals surface area contributed by atoms with E-state index in [4.69, 9.17) is 0 Å². The number of piperidine rings is 1. The van der Waals surface area contributed by atoms with E-state index in [0.717, 1.165) is 51.6 Å². The summed E-state index contributed by atoms with van der Waals surface area (Å²) < 4.78 is 38.5. The molecule has 27 heavy (non-hydrogen) atoms. The Kier molecular flexibility index (Phi) is 6.42. The van der Waals surface area contributed by atoms with E-state index in [1.807, 2.05) is 4.90 Å². The molecule has 1 atom stereocenters. The monoisotopic (exact) mass is 383 g/mol. The lowest BCUT2D eigenvalue weighted by molar-refractivity contribution is -0.137. The second-order valence-corrected chi connectivity index (χ2v) is 7.68. The second-order valence-electron chi connectivity index (χ2n) is 7.68. The molecule has 1 amide bonds. The minimum Gasteiger partial charge on any atom is -0.339 e. The zero-order chi connectivity index (χ0) is 19.4. The highest BCUT2D eigenvalue weighted by molar-refractivity contribution is 5.78. The van der Waals surface area contributed by atoms with E-state index in [1.165, 1.54) is 18.6 Å². The molecule has 2 heterocycles. The highest BCUT2D eigenvalue weighted by Gasteiger charge is 2.31. The van der Waals surface area contributed by atoms with E-state index < -0.39 is 11.7 Å². The fourth-order valence-corrected chi connectivity index (χ4v) is 3.96. The van der Waals surface area contributed by atoms with Gasteiger partial charge in [0, 0.05) is 45.3 Å². The van der Waals surface area contributed by atoms with Crippen molar-refractivity contribution in [1.29, 1.82) is 0 Å². The van der Waals surface area contributed by atoms with Crippen molar-refractivity contribution in [3.63, 3.8) is 0 Å². The Morgan fingerprint density at radius 1 is 1.07 bits per heavy atom. The van der Waals surface area contributed by atoms with Crippen LogP contribution in [-0.2, 0) is 17.5 Å². The summed E-state index contributed by atoms with van der Waals surface area (Å²) in [5.41, 5.74) is 0.0800. The Hall–Kier alpha value is -1.60. The molecule has 2 aliphatic rings. The summed E-state index contributed by atoms with van der Waals surface area (Å²) in [4.78, 5) is 18.9. The average molecular weight is 383 g/mol. The highest BCUT2D eigenvalue weighted by Crippen LogP contribution is 2.29. The van der Waals surface area contributed by atoms with Gasteiger partial charge in [0.25, 0.3) is 0 Å². The van der Waals surface area contributed by atoms with E-state index >= 15 is 0 Å².